The van der Waals surface area contributed by atoms with Crippen molar-refractivity contribution < 1.29 is 8.94 Å². The van der Waals surface area contributed by atoms with Gasteiger partial charge in [0.1, 0.15) is 0 Å². The van der Waals surface area contributed by atoms with E-state index in [9.17, 15) is 0 Å². The van der Waals surface area contributed by atoms with Crippen molar-refractivity contribution in [2.75, 3.05) is 6.54 Å². The molecule has 0 atom stereocenters. The summed E-state index contributed by atoms with van der Waals surface area (Å²) in [4.78, 5) is 4.42. The van der Waals surface area contributed by atoms with Crippen molar-refractivity contribution >= 4 is 0 Å². The highest BCUT2D eigenvalue weighted by atomic mass is 16.5. The molecule has 96 valence electrons. The van der Waals surface area contributed by atoms with Gasteiger partial charge in [0.05, 0.1) is 6.26 Å². The summed E-state index contributed by atoms with van der Waals surface area (Å²) >= 11 is 0. The van der Waals surface area contributed by atoms with E-state index in [1.165, 1.54) is 0 Å². The molecule has 1 saturated carbocycles. The van der Waals surface area contributed by atoms with Crippen molar-refractivity contribution in [1.29, 1.82) is 0 Å². The highest BCUT2D eigenvalue weighted by Gasteiger charge is 2.26. The predicted octanol–water partition coefficient (Wildman–Crippen LogP) is 2.56. The van der Waals surface area contributed by atoms with Gasteiger partial charge < -0.3 is 14.7 Å². The van der Waals surface area contributed by atoms with Crippen molar-refractivity contribution in [3.05, 3.63) is 24.3 Å². The highest BCUT2D eigenvalue weighted by Crippen LogP contribution is 2.35. The molecule has 1 fully saturated rings. The smallest absolute Gasteiger partial charge is 0.238 e. The fourth-order valence-corrected chi connectivity index (χ4v) is 2.55. The van der Waals surface area contributed by atoms with Gasteiger partial charge in [-0.05, 0) is 50.3 Å². The summed E-state index contributed by atoms with van der Waals surface area (Å²) in [5.41, 5.74) is 5.69. The average Bonchev–Trinajstić information content (AvgIpc) is 3.09. The summed E-state index contributed by atoms with van der Waals surface area (Å²) in [6, 6.07) is 3.65. The summed E-state index contributed by atoms with van der Waals surface area (Å²) in [6.07, 6.45) is 6.08. The maximum Gasteiger partial charge on any atom is 0.238 e. The molecule has 0 radical (unpaired) electrons. The number of aromatic nitrogens is 2. The molecule has 2 heterocycles. The molecule has 2 N–H and O–H groups in total. The lowest BCUT2D eigenvalue weighted by atomic mass is 9.82. The Kier molecular flexibility index (Phi) is 3.15. The van der Waals surface area contributed by atoms with E-state index in [1.807, 2.05) is 12.1 Å². The van der Waals surface area contributed by atoms with Crippen molar-refractivity contribution in [1.82, 2.24) is 10.1 Å². The number of nitrogens with zero attached hydrogens (tertiary/aromatic N) is 2. The van der Waals surface area contributed by atoms with Crippen molar-refractivity contribution in [2.24, 2.45) is 11.7 Å². The lowest BCUT2D eigenvalue weighted by Gasteiger charge is -2.24. The molecule has 1 aliphatic carbocycles. The lowest BCUT2D eigenvalue weighted by Crippen LogP contribution is -2.20. The second-order valence-corrected chi connectivity index (χ2v) is 4.89. The van der Waals surface area contributed by atoms with Crippen LogP contribution in [0.5, 0.6) is 0 Å². The number of furan rings is 1. The molecule has 0 aliphatic heterocycles. The number of nitrogens with two attached hydrogens (primary N) is 1. The Balaban J connectivity index is 1.71. The molecular formula is C13H17N3O2. The van der Waals surface area contributed by atoms with Gasteiger partial charge in [-0.2, -0.15) is 4.98 Å². The van der Waals surface area contributed by atoms with E-state index < -0.39 is 0 Å². The molecule has 5 heteroatoms. The molecule has 0 unspecified atom stereocenters. The van der Waals surface area contributed by atoms with Crippen LogP contribution in [0.15, 0.2) is 27.3 Å². The van der Waals surface area contributed by atoms with Crippen LogP contribution >= 0.6 is 0 Å². The van der Waals surface area contributed by atoms with Gasteiger partial charge in [-0.25, -0.2) is 0 Å². The van der Waals surface area contributed by atoms with Gasteiger partial charge in [-0.1, -0.05) is 5.16 Å². The molecule has 0 spiro atoms. The van der Waals surface area contributed by atoms with E-state index in [2.05, 4.69) is 10.1 Å². The van der Waals surface area contributed by atoms with E-state index in [0.717, 1.165) is 38.1 Å². The van der Waals surface area contributed by atoms with E-state index in [0.29, 0.717) is 23.4 Å². The Labute approximate surface area is 105 Å². The highest BCUT2D eigenvalue weighted by molar-refractivity contribution is 5.44. The third-order valence-corrected chi connectivity index (χ3v) is 3.71. The van der Waals surface area contributed by atoms with Gasteiger partial charge in [0.15, 0.2) is 5.76 Å². The van der Waals surface area contributed by atoms with Gasteiger partial charge in [-0.15, -0.1) is 0 Å². The molecule has 18 heavy (non-hydrogen) atoms. The van der Waals surface area contributed by atoms with Crippen LogP contribution in [-0.2, 0) is 0 Å². The maximum absolute atomic E-state index is 5.69. The minimum Gasteiger partial charge on any atom is -0.461 e. The molecular weight excluding hydrogens is 230 g/mol. The quantitative estimate of drug-likeness (QED) is 0.901. The van der Waals surface area contributed by atoms with Crippen LogP contribution in [0.4, 0.5) is 0 Å². The summed E-state index contributed by atoms with van der Waals surface area (Å²) < 4.78 is 10.6. The van der Waals surface area contributed by atoms with Gasteiger partial charge >= 0.3 is 0 Å². The van der Waals surface area contributed by atoms with Crippen LogP contribution in [0.25, 0.3) is 11.6 Å². The van der Waals surface area contributed by atoms with Crippen LogP contribution in [0.1, 0.15) is 37.5 Å². The van der Waals surface area contributed by atoms with E-state index in [4.69, 9.17) is 14.7 Å². The third kappa shape index (κ3) is 2.18. The normalized spacial score (nSPS) is 24.3. The van der Waals surface area contributed by atoms with Gasteiger partial charge in [0, 0.05) is 5.92 Å². The van der Waals surface area contributed by atoms with Gasteiger partial charge in [0.25, 0.3) is 0 Å². The van der Waals surface area contributed by atoms with E-state index in [-0.39, 0.29) is 0 Å². The minimum atomic E-state index is 0.379. The Hall–Kier alpha value is -1.62. The molecule has 2 aromatic heterocycles. The zero-order chi connectivity index (χ0) is 12.4. The van der Waals surface area contributed by atoms with Gasteiger partial charge in [0.2, 0.25) is 11.7 Å². The van der Waals surface area contributed by atoms with Crippen LogP contribution in [-0.4, -0.2) is 16.7 Å². The SMILES string of the molecule is NCC1CCC(c2nc(-c3ccco3)no2)CC1. The molecule has 0 bridgehead atoms. The summed E-state index contributed by atoms with van der Waals surface area (Å²) in [5, 5.41) is 3.97. The standard InChI is InChI=1S/C13H17N3O2/c14-8-9-3-5-10(6-4-9)13-15-12(16-18-13)11-2-1-7-17-11/h1-2,7,9-10H,3-6,8,14H2. The maximum atomic E-state index is 5.69. The molecule has 0 saturated heterocycles. The molecule has 0 aromatic carbocycles. The van der Waals surface area contributed by atoms with Crippen molar-refractivity contribution in [2.45, 2.75) is 31.6 Å². The first-order valence-electron chi connectivity index (χ1n) is 6.44. The average molecular weight is 247 g/mol. The Morgan fingerprint density at radius 1 is 1.28 bits per heavy atom. The second kappa shape index (κ2) is 4.94. The van der Waals surface area contributed by atoms with Crippen LogP contribution in [0, 0.1) is 5.92 Å². The van der Waals surface area contributed by atoms with Crippen LogP contribution < -0.4 is 5.73 Å². The Morgan fingerprint density at radius 3 is 2.78 bits per heavy atom. The number of hydrogen-bond acceptors (Lipinski definition) is 5. The first-order chi connectivity index (χ1) is 8.86. The zero-order valence-corrected chi connectivity index (χ0v) is 10.2. The monoisotopic (exact) mass is 247 g/mol. The Bertz CT molecular complexity index is 484. The summed E-state index contributed by atoms with van der Waals surface area (Å²) in [6.45, 7) is 0.786. The molecule has 5 nitrogen and oxygen atoms in total. The fraction of sp³-hybridized carbons (Fsp3) is 0.538. The lowest BCUT2D eigenvalue weighted by molar-refractivity contribution is 0.274. The third-order valence-electron chi connectivity index (χ3n) is 3.71. The molecule has 2 aromatic rings. The number of hydrogen-bond donors (Lipinski definition) is 1. The number of rotatable bonds is 3. The van der Waals surface area contributed by atoms with Crippen LogP contribution in [0.3, 0.4) is 0 Å². The summed E-state index contributed by atoms with van der Waals surface area (Å²) in [5.74, 6) is 2.96. The van der Waals surface area contributed by atoms with Crippen molar-refractivity contribution in [3.8, 4) is 11.6 Å². The first kappa shape index (κ1) is 11.5. The summed E-state index contributed by atoms with van der Waals surface area (Å²) in [7, 11) is 0. The minimum absolute atomic E-state index is 0.379. The molecule has 1 aliphatic rings. The topological polar surface area (TPSA) is 78.1 Å². The van der Waals surface area contributed by atoms with Crippen LogP contribution in [0.2, 0.25) is 0 Å². The zero-order valence-electron chi connectivity index (χ0n) is 10.2. The second-order valence-electron chi connectivity index (χ2n) is 4.89. The van der Waals surface area contributed by atoms with Crippen molar-refractivity contribution in [3.63, 3.8) is 0 Å². The Morgan fingerprint density at radius 2 is 2.11 bits per heavy atom. The molecule has 3 rings (SSSR count). The van der Waals surface area contributed by atoms with E-state index >= 15 is 0 Å². The molecule has 0 amide bonds. The predicted molar refractivity (Wildman–Crippen MR) is 65.8 cm³/mol. The van der Waals surface area contributed by atoms with Gasteiger partial charge in [-0.3, -0.25) is 0 Å². The van der Waals surface area contributed by atoms with E-state index in [1.54, 1.807) is 6.26 Å². The largest absolute Gasteiger partial charge is 0.461 e. The fourth-order valence-electron chi connectivity index (χ4n) is 2.55. The first-order valence-corrected chi connectivity index (χ1v) is 6.44.